The van der Waals surface area contributed by atoms with Crippen molar-refractivity contribution in [3.8, 4) is 10.4 Å². The van der Waals surface area contributed by atoms with Crippen LogP contribution in [0.25, 0.3) is 10.4 Å². The quantitative estimate of drug-likeness (QED) is 0.798. The highest BCUT2D eigenvalue weighted by Gasteiger charge is 2.31. The van der Waals surface area contributed by atoms with E-state index in [1.807, 2.05) is 0 Å². The van der Waals surface area contributed by atoms with Gasteiger partial charge in [0.15, 0.2) is 5.13 Å². The maximum absolute atomic E-state index is 13.1. The summed E-state index contributed by atoms with van der Waals surface area (Å²) in [6.45, 7) is 0. The van der Waals surface area contributed by atoms with Crippen molar-refractivity contribution in [2.75, 3.05) is 5.73 Å². The van der Waals surface area contributed by atoms with E-state index in [2.05, 4.69) is 4.98 Å². The lowest BCUT2D eigenvalue weighted by Crippen LogP contribution is -2.05. The largest absolute Gasteiger partial charge is 0.416 e. The predicted molar refractivity (Wildman–Crippen MR) is 56.9 cm³/mol. The van der Waals surface area contributed by atoms with E-state index >= 15 is 0 Å². The van der Waals surface area contributed by atoms with Crippen LogP contribution in [0.15, 0.2) is 24.4 Å². The molecule has 90 valence electrons. The fourth-order valence-electron chi connectivity index (χ4n) is 1.32. The number of halogens is 4. The minimum atomic E-state index is -4.58. The number of aromatic nitrogens is 1. The van der Waals surface area contributed by atoms with Crippen LogP contribution in [0.2, 0.25) is 0 Å². The number of nitrogens with two attached hydrogens (primary N) is 1. The van der Waals surface area contributed by atoms with Crippen LogP contribution in [-0.2, 0) is 6.18 Å². The molecule has 0 aliphatic heterocycles. The number of anilines is 1. The zero-order valence-corrected chi connectivity index (χ0v) is 9.07. The average molecular weight is 262 g/mol. The van der Waals surface area contributed by atoms with Gasteiger partial charge in [0.1, 0.15) is 5.82 Å². The number of hydrogen-bond donors (Lipinski definition) is 1. The second-order valence-corrected chi connectivity index (χ2v) is 4.35. The van der Waals surface area contributed by atoms with Crippen molar-refractivity contribution in [3.63, 3.8) is 0 Å². The molecule has 0 fully saturated rings. The molecule has 0 saturated carbocycles. The molecule has 1 aromatic carbocycles. The molecule has 0 bridgehead atoms. The van der Waals surface area contributed by atoms with Crippen LogP contribution in [0.3, 0.4) is 0 Å². The van der Waals surface area contributed by atoms with Crippen molar-refractivity contribution in [3.05, 3.63) is 35.8 Å². The van der Waals surface area contributed by atoms with Gasteiger partial charge in [0.25, 0.3) is 0 Å². The lowest BCUT2D eigenvalue weighted by Gasteiger charge is -2.08. The van der Waals surface area contributed by atoms with Crippen molar-refractivity contribution in [1.29, 1.82) is 0 Å². The third kappa shape index (κ3) is 2.55. The van der Waals surface area contributed by atoms with Gasteiger partial charge in [-0.25, -0.2) is 9.37 Å². The Balaban J connectivity index is 2.52. The molecule has 1 aromatic heterocycles. The first-order valence-electron chi connectivity index (χ1n) is 4.46. The van der Waals surface area contributed by atoms with Gasteiger partial charge in [0, 0.05) is 6.20 Å². The molecule has 0 aliphatic carbocycles. The van der Waals surface area contributed by atoms with E-state index < -0.39 is 17.6 Å². The number of nitrogen functional groups attached to an aromatic ring is 1. The van der Waals surface area contributed by atoms with E-state index in [1.165, 1.54) is 6.20 Å². The van der Waals surface area contributed by atoms with Crippen LogP contribution in [0, 0.1) is 5.82 Å². The number of benzene rings is 1. The van der Waals surface area contributed by atoms with Gasteiger partial charge in [0.2, 0.25) is 0 Å². The van der Waals surface area contributed by atoms with Gasteiger partial charge in [-0.15, -0.1) is 0 Å². The van der Waals surface area contributed by atoms with Gasteiger partial charge in [-0.3, -0.25) is 0 Å². The monoisotopic (exact) mass is 262 g/mol. The molecule has 0 unspecified atom stereocenters. The van der Waals surface area contributed by atoms with Gasteiger partial charge < -0.3 is 5.73 Å². The first-order chi connectivity index (χ1) is 7.86. The van der Waals surface area contributed by atoms with Crippen molar-refractivity contribution in [2.45, 2.75) is 6.18 Å². The molecule has 2 nitrogen and oxygen atoms in total. The summed E-state index contributed by atoms with van der Waals surface area (Å²) < 4.78 is 50.5. The van der Waals surface area contributed by atoms with E-state index in [1.54, 1.807) is 0 Å². The predicted octanol–water partition coefficient (Wildman–Crippen LogP) is 3.55. The number of hydrogen-bond acceptors (Lipinski definition) is 3. The van der Waals surface area contributed by atoms with E-state index in [-0.39, 0.29) is 10.7 Å². The van der Waals surface area contributed by atoms with E-state index in [4.69, 9.17) is 5.73 Å². The normalized spacial score (nSPS) is 11.8. The smallest absolute Gasteiger partial charge is 0.375 e. The summed E-state index contributed by atoms with van der Waals surface area (Å²) in [6.07, 6.45) is -3.26. The molecule has 0 saturated heterocycles. The first-order valence-corrected chi connectivity index (χ1v) is 5.27. The van der Waals surface area contributed by atoms with Crippen LogP contribution in [-0.4, -0.2) is 4.98 Å². The molecule has 7 heteroatoms. The van der Waals surface area contributed by atoms with Crippen molar-refractivity contribution in [1.82, 2.24) is 4.98 Å². The van der Waals surface area contributed by atoms with Crippen molar-refractivity contribution < 1.29 is 17.6 Å². The molecule has 1 heterocycles. The number of nitrogens with zero attached hydrogens (tertiary/aromatic N) is 1. The number of alkyl halides is 3. The second-order valence-electron chi connectivity index (χ2n) is 3.29. The Kier molecular flexibility index (Phi) is 2.78. The first kappa shape index (κ1) is 11.8. The SMILES string of the molecule is Nc1ncc(-c2cc(F)cc(C(F)(F)F)c2)s1. The molecule has 0 radical (unpaired) electrons. The van der Waals surface area contributed by atoms with E-state index in [9.17, 15) is 17.6 Å². The summed E-state index contributed by atoms with van der Waals surface area (Å²) in [5.41, 5.74) is 4.46. The third-order valence-corrected chi connectivity index (χ3v) is 2.91. The fourth-order valence-corrected chi connectivity index (χ4v) is 1.99. The summed E-state index contributed by atoms with van der Waals surface area (Å²) in [6, 6.07) is 2.34. The maximum atomic E-state index is 13.1. The molecule has 2 rings (SSSR count). The fraction of sp³-hybridized carbons (Fsp3) is 0.100. The van der Waals surface area contributed by atoms with Gasteiger partial charge in [-0.1, -0.05) is 11.3 Å². The molecule has 0 aliphatic rings. The van der Waals surface area contributed by atoms with E-state index in [0.717, 1.165) is 23.5 Å². The second kappa shape index (κ2) is 3.99. The Labute approximate surface area is 97.7 Å². The molecule has 2 aromatic rings. The molecule has 0 amide bonds. The van der Waals surface area contributed by atoms with Crippen molar-refractivity contribution in [2.24, 2.45) is 0 Å². The molecular formula is C10H6F4N2S. The van der Waals surface area contributed by atoms with Crippen molar-refractivity contribution >= 4 is 16.5 Å². The highest BCUT2D eigenvalue weighted by molar-refractivity contribution is 7.18. The van der Waals surface area contributed by atoms with Gasteiger partial charge >= 0.3 is 6.18 Å². The Morgan fingerprint density at radius 2 is 1.88 bits per heavy atom. The van der Waals surface area contributed by atoms with E-state index in [0.29, 0.717) is 10.9 Å². The highest BCUT2D eigenvalue weighted by Crippen LogP contribution is 2.35. The zero-order chi connectivity index (χ0) is 12.6. The Morgan fingerprint density at radius 1 is 1.18 bits per heavy atom. The standard InChI is InChI=1S/C10H6F4N2S/c11-7-2-5(8-4-16-9(15)17-8)1-6(3-7)10(12,13)14/h1-4H,(H2,15,16). The van der Waals surface area contributed by atoms with Crippen LogP contribution >= 0.6 is 11.3 Å². The maximum Gasteiger partial charge on any atom is 0.416 e. The summed E-state index contributed by atoms with van der Waals surface area (Å²) >= 11 is 1.00. The number of rotatable bonds is 1. The van der Waals surface area contributed by atoms with Crippen LogP contribution in [0.5, 0.6) is 0 Å². The Morgan fingerprint density at radius 3 is 2.41 bits per heavy atom. The molecule has 0 atom stereocenters. The topological polar surface area (TPSA) is 38.9 Å². The molecule has 0 spiro atoms. The minimum absolute atomic E-state index is 0.117. The lowest BCUT2D eigenvalue weighted by molar-refractivity contribution is -0.137. The van der Waals surface area contributed by atoms with Crippen LogP contribution in [0.1, 0.15) is 5.56 Å². The Hall–Kier alpha value is -1.63. The average Bonchev–Trinajstić information content (AvgIpc) is 2.62. The number of thiazole rings is 1. The molecular weight excluding hydrogens is 256 g/mol. The summed E-state index contributed by atoms with van der Waals surface area (Å²) in [5, 5.41) is 0.220. The van der Waals surface area contributed by atoms with Crippen LogP contribution < -0.4 is 5.73 Å². The molecule has 2 N–H and O–H groups in total. The molecule has 17 heavy (non-hydrogen) atoms. The highest BCUT2D eigenvalue weighted by atomic mass is 32.1. The lowest BCUT2D eigenvalue weighted by atomic mass is 10.1. The van der Waals surface area contributed by atoms with Gasteiger partial charge in [-0.05, 0) is 23.8 Å². The summed E-state index contributed by atoms with van der Waals surface area (Å²) in [4.78, 5) is 4.10. The summed E-state index contributed by atoms with van der Waals surface area (Å²) in [7, 11) is 0. The van der Waals surface area contributed by atoms with Gasteiger partial charge in [0.05, 0.1) is 10.4 Å². The Bertz CT molecular complexity index is 547. The third-order valence-electron chi connectivity index (χ3n) is 2.03. The summed E-state index contributed by atoms with van der Waals surface area (Å²) in [5.74, 6) is -0.943. The van der Waals surface area contributed by atoms with Crippen LogP contribution in [0.4, 0.5) is 22.7 Å². The van der Waals surface area contributed by atoms with Gasteiger partial charge in [-0.2, -0.15) is 13.2 Å². The zero-order valence-electron chi connectivity index (χ0n) is 8.25. The minimum Gasteiger partial charge on any atom is -0.375 e.